The highest BCUT2D eigenvalue weighted by atomic mass is 32.2. The third kappa shape index (κ3) is 21.6. The van der Waals surface area contributed by atoms with Gasteiger partial charge in [0.2, 0.25) is 26.8 Å². The first-order chi connectivity index (χ1) is 42.5. The van der Waals surface area contributed by atoms with E-state index in [0.717, 1.165) is 46.2 Å². The van der Waals surface area contributed by atoms with Crippen molar-refractivity contribution >= 4 is 37.9 Å². The van der Waals surface area contributed by atoms with Crippen LogP contribution in [0.1, 0.15) is 38.8 Å². The summed E-state index contributed by atoms with van der Waals surface area (Å²) in [6.07, 6.45) is 4.52. The second-order valence-corrected chi connectivity index (χ2v) is 37.7. The number of sulfone groups is 1. The fraction of sp³-hybridized carbons (Fsp3) is 0.354. The molecule has 0 aliphatic carbocycles. The minimum absolute atomic E-state index is 0.0227. The van der Waals surface area contributed by atoms with E-state index in [4.69, 9.17) is 48.8 Å². The number of carbonyl (C=O) groups is 2. The number of carbonyl (C=O) groups excluding carboxylic acids is 2. The van der Waals surface area contributed by atoms with Gasteiger partial charge in [0.15, 0.2) is 11.6 Å². The third-order valence-corrected chi connectivity index (χ3v) is 17.7. The number of aromatic hydroxyl groups is 1. The number of rotatable bonds is 25. The molecular weight excluding hydrogens is 1200 g/mol. The SMILES string of the molecule is COC(=O)C(C)(C)COc1ccc(-c2ccc(-c3nc(Oc4ccc(C#N)cc4)n(COCC[Si](C)(C)C)n3)cc2)cn1.COC(=O)C(C)(C)COc1ccc(-c2ccc(-c3nc(S(C)(=O)=O)n(COCC[Si](C)(C)C)n3)cc2)cn1.N#Cc1ccc(O)cc1. The molecule has 0 aliphatic rings. The van der Waals surface area contributed by atoms with Crippen LogP contribution in [0.5, 0.6) is 29.3 Å². The lowest BCUT2D eigenvalue weighted by atomic mass is 9.95. The first kappa shape index (κ1) is 70.0. The number of esters is 2. The minimum Gasteiger partial charge on any atom is -0.508 e. The minimum atomic E-state index is -3.59. The van der Waals surface area contributed by atoms with Gasteiger partial charge in [-0.15, -0.1) is 10.2 Å². The fourth-order valence-corrected chi connectivity index (χ4v) is 10.0. The molecule has 0 saturated heterocycles. The number of pyridine rings is 2. The Hall–Kier alpha value is -9.12. The summed E-state index contributed by atoms with van der Waals surface area (Å²) in [5.74, 6) is 1.67. The second kappa shape index (κ2) is 31.4. The van der Waals surface area contributed by atoms with E-state index in [1.165, 1.54) is 31.0 Å². The van der Waals surface area contributed by atoms with Crippen LogP contribution in [0.15, 0.2) is 139 Å². The number of ether oxygens (including phenoxy) is 7. The van der Waals surface area contributed by atoms with Crippen molar-refractivity contribution < 1.29 is 56.3 Å². The maximum atomic E-state index is 12.3. The monoisotopic (exact) mass is 1280 g/mol. The number of nitrogens with zero attached hydrogens (tertiary/aromatic N) is 10. The normalized spacial score (nSPS) is 11.6. The Bertz CT molecular complexity index is 3840. The van der Waals surface area contributed by atoms with E-state index < -0.39 is 36.8 Å². The van der Waals surface area contributed by atoms with Crippen molar-refractivity contribution in [3.63, 3.8) is 0 Å². The Morgan fingerprint density at radius 3 is 1.33 bits per heavy atom. The van der Waals surface area contributed by atoms with Crippen molar-refractivity contribution in [3.8, 4) is 86.4 Å². The highest BCUT2D eigenvalue weighted by Crippen LogP contribution is 2.30. The van der Waals surface area contributed by atoms with Gasteiger partial charge in [-0.3, -0.25) is 9.59 Å². The van der Waals surface area contributed by atoms with Gasteiger partial charge in [-0.05, 0) is 112 Å². The van der Waals surface area contributed by atoms with E-state index in [1.54, 1.807) is 93.3 Å². The van der Waals surface area contributed by atoms with Crippen LogP contribution < -0.4 is 14.2 Å². The zero-order valence-corrected chi connectivity index (χ0v) is 56.0. The zero-order chi connectivity index (χ0) is 65.9. The lowest BCUT2D eigenvalue weighted by molar-refractivity contribution is -0.153. The molecule has 0 amide bonds. The number of hydrogen-bond acceptors (Lipinski definition) is 20. The summed E-state index contributed by atoms with van der Waals surface area (Å²) < 4.78 is 66.2. The maximum Gasteiger partial charge on any atom is 0.323 e. The summed E-state index contributed by atoms with van der Waals surface area (Å²) in [6.45, 7) is 22.4. The largest absolute Gasteiger partial charge is 0.508 e. The molecule has 8 aromatic rings. The summed E-state index contributed by atoms with van der Waals surface area (Å²) in [5, 5.41) is 35.1. The van der Waals surface area contributed by atoms with E-state index in [9.17, 15) is 18.0 Å². The predicted octanol–water partition coefficient (Wildman–Crippen LogP) is 12.1. The molecular formula is C65H78N10O12SSi2. The van der Waals surface area contributed by atoms with Crippen LogP contribution in [0.4, 0.5) is 0 Å². The molecule has 0 atom stereocenters. The number of hydrogen-bond donors (Lipinski definition) is 1. The van der Waals surface area contributed by atoms with Gasteiger partial charge >= 0.3 is 17.9 Å². The molecule has 4 aromatic carbocycles. The van der Waals surface area contributed by atoms with Crippen LogP contribution >= 0.6 is 0 Å². The van der Waals surface area contributed by atoms with E-state index in [-0.39, 0.29) is 49.5 Å². The quantitative estimate of drug-likeness (QED) is 0.0316. The van der Waals surface area contributed by atoms with Crippen molar-refractivity contribution in [2.45, 2.75) is 97.7 Å². The third-order valence-electron chi connectivity index (χ3n) is 13.3. The first-order valence-electron chi connectivity index (χ1n) is 28.7. The Morgan fingerprint density at radius 1 is 0.556 bits per heavy atom. The summed E-state index contributed by atoms with van der Waals surface area (Å²) >= 11 is 0. The Morgan fingerprint density at radius 2 is 0.944 bits per heavy atom. The van der Waals surface area contributed by atoms with E-state index in [1.807, 2.05) is 66.7 Å². The average molecular weight is 1280 g/mol. The summed E-state index contributed by atoms with van der Waals surface area (Å²) in [5.41, 5.74) is 4.66. The van der Waals surface area contributed by atoms with Gasteiger partial charge in [0.05, 0.1) is 48.3 Å². The van der Waals surface area contributed by atoms with Crippen LogP contribution in [0.25, 0.3) is 45.0 Å². The molecule has 8 rings (SSSR count). The average Bonchev–Trinajstić information content (AvgIpc) is 1.68. The molecule has 0 radical (unpaired) electrons. The zero-order valence-electron chi connectivity index (χ0n) is 53.2. The lowest BCUT2D eigenvalue weighted by Crippen LogP contribution is -2.32. The van der Waals surface area contributed by atoms with Gasteiger partial charge in [-0.2, -0.15) is 25.2 Å². The molecule has 1 N–H and O–H groups in total. The Kier molecular flexibility index (Phi) is 24.4. The molecule has 22 nitrogen and oxygen atoms in total. The van der Waals surface area contributed by atoms with Crippen molar-refractivity contribution in [1.82, 2.24) is 39.5 Å². The highest BCUT2D eigenvalue weighted by Gasteiger charge is 2.31. The Balaban J connectivity index is 0.000000252. The second-order valence-electron chi connectivity index (χ2n) is 24.6. The number of phenolic OH excluding ortho intramolecular Hbond substituents is 1. The number of methoxy groups -OCH3 is 2. The van der Waals surface area contributed by atoms with Gasteiger partial charge in [-0.25, -0.2) is 23.1 Å². The van der Waals surface area contributed by atoms with Crippen LogP contribution in [0.2, 0.25) is 51.4 Å². The number of nitriles is 2. The molecule has 0 bridgehead atoms. The van der Waals surface area contributed by atoms with Crippen molar-refractivity contribution in [1.29, 1.82) is 10.5 Å². The first-order valence-corrected chi connectivity index (χ1v) is 38.0. The molecule has 0 spiro atoms. The van der Waals surface area contributed by atoms with E-state index in [2.05, 4.69) is 75.5 Å². The van der Waals surface area contributed by atoms with Crippen molar-refractivity contribution in [2.24, 2.45) is 10.8 Å². The molecule has 90 heavy (non-hydrogen) atoms. The van der Waals surface area contributed by atoms with Gasteiger partial charge in [-0.1, -0.05) is 87.8 Å². The van der Waals surface area contributed by atoms with Gasteiger partial charge < -0.3 is 38.3 Å². The van der Waals surface area contributed by atoms with E-state index >= 15 is 0 Å². The molecule has 0 saturated carbocycles. The molecule has 4 aromatic heterocycles. The molecule has 0 fully saturated rings. The topological polar surface area (TPSA) is 288 Å². The highest BCUT2D eigenvalue weighted by molar-refractivity contribution is 7.90. The molecule has 25 heteroatoms. The number of aromatic nitrogens is 8. The summed E-state index contributed by atoms with van der Waals surface area (Å²) in [6, 6.07) is 41.8. The van der Waals surface area contributed by atoms with Gasteiger partial charge in [0, 0.05) is 82.4 Å². The maximum absolute atomic E-state index is 12.3. The molecule has 0 unspecified atom stereocenters. The molecule has 0 aliphatic heterocycles. The van der Waals surface area contributed by atoms with Crippen molar-refractivity contribution in [3.05, 3.63) is 145 Å². The van der Waals surface area contributed by atoms with E-state index in [0.29, 0.717) is 65.1 Å². The van der Waals surface area contributed by atoms with Crippen LogP contribution in [-0.2, 0) is 51.8 Å². The van der Waals surface area contributed by atoms with Gasteiger partial charge in [0.25, 0.3) is 0 Å². The number of phenols is 1. The van der Waals surface area contributed by atoms with Crippen LogP contribution in [-0.4, -0.2) is 128 Å². The summed E-state index contributed by atoms with van der Waals surface area (Å²) in [4.78, 5) is 41.4. The fourth-order valence-electron chi connectivity index (χ4n) is 7.79. The lowest BCUT2D eigenvalue weighted by Gasteiger charge is -2.21. The van der Waals surface area contributed by atoms with Crippen LogP contribution in [0.3, 0.4) is 0 Å². The van der Waals surface area contributed by atoms with Crippen molar-refractivity contribution in [2.75, 3.05) is 46.9 Å². The van der Waals surface area contributed by atoms with Gasteiger partial charge in [0.1, 0.15) is 38.2 Å². The smallest absolute Gasteiger partial charge is 0.323 e. The number of benzene rings is 4. The summed E-state index contributed by atoms with van der Waals surface area (Å²) in [7, 11) is -3.38. The predicted molar refractivity (Wildman–Crippen MR) is 345 cm³/mol. The standard InChI is InChI=1S/C32H37N5O5Si.C26H36N4O6SSi.C7H5NO/c1-32(2,30(38)39-3)21-41-28-16-13-26(20-34-28)24-9-11-25(12-10-24)29-35-31(42-27-14-7-23(19-33)8-15-27)37(36-29)22-40-17-18-43(4,5)6;1-26(2,24(31)34-3)17-36-22-13-12-21(16-27-22)19-8-10-20(11-9-19)23-28-25(37(4,32)33)30(29-23)18-35-14-15-38(5,6)7;8-5-6-1-3-7(9)4-2-6/h7-16,20H,17-18,21-22H2,1-6H3;8-13,16H,14-15,17-18H2,1-7H3;1-4,9H. The molecule has 4 heterocycles. The Labute approximate surface area is 528 Å². The van der Waals surface area contributed by atoms with Crippen LogP contribution in [0, 0.1) is 33.5 Å². The molecule has 474 valence electrons.